The highest BCUT2D eigenvalue weighted by molar-refractivity contribution is 5.94. The minimum Gasteiger partial charge on any atom is -0.366 e. The minimum atomic E-state index is -0.501. The number of nitrogens with zero attached hydrogens (tertiary/aromatic N) is 1. The highest BCUT2D eigenvalue weighted by Gasteiger charge is 2.12. The summed E-state index contributed by atoms with van der Waals surface area (Å²) in [7, 11) is 0. The predicted octanol–water partition coefficient (Wildman–Crippen LogP) is 3.01. The van der Waals surface area contributed by atoms with Gasteiger partial charge in [-0.15, -0.1) is 0 Å². The Labute approximate surface area is 144 Å². The molecule has 126 valence electrons. The van der Waals surface area contributed by atoms with E-state index >= 15 is 0 Å². The second kappa shape index (κ2) is 7.44. The Balaban J connectivity index is 1.60. The summed E-state index contributed by atoms with van der Waals surface area (Å²) in [6.45, 7) is 0. The molecular weight excluding hydrogens is 318 g/mol. The number of benzene rings is 2. The van der Waals surface area contributed by atoms with Crippen molar-refractivity contribution < 1.29 is 14.1 Å². The number of hydrogen-bond donors (Lipinski definition) is 2. The van der Waals surface area contributed by atoms with Crippen LogP contribution in [0.5, 0.6) is 0 Å². The molecule has 3 rings (SSSR count). The van der Waals surface area contributed by atoms with Crippen molar-refractivity contribution >= 4 is 17.5 Å². The van der Waals surface area contributed by atoms with E-state index in [1.807, 2.05) is 30.3 Å². The van der Waals surface area contributed by atoms with Gasteiger partial charge >= 0.3 is 0 Å². The average molecular weight is 335 g/mol. The summed E-state index contributed by atoms with van der Waals surface area (Å²) < 4.78 is 5.31. The van der Waals surface area contributed by atoms with Gasteiger partial charge in [0.15, 0.2) is 5.76 Å². The zero-order valence-electron chi connectivity index (χ0n) is 13.4. The van der Waals surface area contributed by atoms with Crippen molar-refractivity contribution in [1.82, 2.24) is 5.16 Å². The Bertz CT molecular complexity index is 870. The van der Waals surface area contributed by atoms with E-state index in [0.29, 0.717) is 29.9 Å². The van der Waals surface area contributed by atoms with E-state index in [4.69, 9.17) is 10.3 Å². The van der Waals surface area contributed by atoms with Crippen molar-refractivity contribution in [1.29, 1.82) is 0 Å². The number of amides is 2. The molecule has 3 aromatic rings. The first-order chi connectivity index (χ1) is 12.1. The Morgan fingerprint density at radius 3 is 2.44 bits per heavy atom. The van der Waals surface area contributed by atoms with Crippen LogP contribution in [0.3, 0.4) is 0 Å². The highest BCUT2D eigenvalue weighted by Crippen LogP contribution is 2.24. The van der Waals surface area contributed by atoms with Crippen LogP contribution in [0.1, 0.15) is 22.3 Å². The Kier molecular flexibility index (Phi) is 4.89. The first kappa shape index (κ1) is 16.4. The molecule has 0 aliphatic rings. The number of anilines is 1. The second-order valence-corrected chi connectivity index (χ2v) is 5.54. The van der Waals surface area contributed by atoms with Gasteiger partial charge in [-0.1, -0.05) is 35.5 Å². The summed E-state index contributed by atoms with van der Waals surface area (Å²) in [5.41, 5.74) is 8.01. The lowest BCUT2D eigenvalue weighted by atomic mass is 10.1. The van der Waals surface area contributed by atoms with Crippen molar-refractivity contribution in [2.45, 2.75) is 12.8 Å². The Hall–Kier alpha value is -3.41. The van der Waals surface area contributed by atoms with Gasteiger partial charge in [-0.2, -0.15) is 0 Å². The van der Waals surface area contributed by atoms with Crippen LogP contribution in [0.2, 0.25) is 0 Å². The van der Waals surface area contributed by atoms with Crippen LogP contribution < -0.4 is 11.1 Å². The topological polar surface area (TPSA) is 98.2 Å². The fraction of sp³-hybridized carbons (Fsp3) is 0.105. The van der Waals surface area contributed by atoms with E-state index in [2.05, 4.69) is 10.5 Å². The van der Waals surface area contributed by atoms with E-state index in [1.54, 1.807) is 30.5 Å². The molecule has 0 radical (unpaired) electrons. The molecule has 2 amide bonds. The van der Waals surface area contributed by atoms with Gasteiger partial charge in [0, 0.05) is 28.8 Å². The molecule has 0 bridgehead atoms. The third kappa shape index (κ3) is 4.11. The highest BCUT2D eigenvalue weighted by atomic mass is 16.5. The SMILES string of the molecule is NC(=O)c1ccc(NC(=O)CCc2cnoc2-c2ccccc2)cc1. The van der Waals surface area contributed by atoms with Crippen LogP contribution in [0.15, 0.2) is 65.3 Å². The smallest absolute Gasteiger partial charge is 0.248 e. The van der Waals surface area contributed by atoms with Gasteiger partial charge in [0.25, 0.3) is 0 Å². The van der Waals surface area contributed by atoms with Crippen LogP contribution in [0.4, 0.5) is 5.69 Å². The molecule has 0 aliphatic heterocycles. The summed E-state index contributed by atoms with van der Waals surface area (Å²) in [5, 5.41) is 6.62. The quantitative estimate of drug-likeness (QED) is 0.723. The molecule has 6 heteroatoms. The van der Waals surface area contributed by atoms with Gasteiger partial charge in [-0.05, 0) is 30.7 Å². The number of nitrogens with one attached hydrogen (secondary N) is 1. The molecule has 2 aromatic carbocycles. The number of carbonyl (C=O) groups is 2. The number of aryl methyl sites for hydroxylation is 1. The summed E-state index contributed by atoms with van der Waals surface area (Å²) in [4.78, 5) is 23.2. The summed E-state index contributed by atoms with van der Waals surface area (Å²) in [6.07, 6.45) is 2.44. The summed E-state index contributed by atoms with van der Waals surface area (Å²) in [6, 6.07) is 16.1. The molecule has 0 saturated heterocycles. The Morgan fingerprint density at radius 1 is 1.04 bits per heavy atom. The molecule has 25 heavy (non-hydrogen) atoms. The van der Waals surface area contributed by atoms with E-state index in [1.165, 1.54) is 0 Å². The van der Waals surface area contributed by atoms with Crippen LogP contribution in [-0.2, 0) is 11.2 Å². The molecule has 0 aliphatic carbocycles. The normalized spacial score (nSPS) is 10.4. The Morgan fingerprint density at radius 2 is 1.76 bits per heavy atom. The molecule has 1 aromatic heterocycles. The fourth-order valence-corrected chi connectivity index (χ4v) is 2.46. The zero-order chi connectivity index (χ0) is 17.6. The minimum absolute atomic E-state index is 0.132. The van der Waals surface area contributed by atoms with Crippen molar-refractivity contribution in [3.8, 4) is 11.3 Å². The lowest BCUT2D eigenvalue weighted by Crippen LogP contribution is -2.13. The zero-order valence-corrected chi connectivity index (χ0v) is 13.4. The third-order valence-corrected chi connectivity index (χ3v) is 3.75. The molecule has 0 fully saturated rings. The summed E-state index contributed by atoms with van der Waals surface area (Å²) in [5.74, 6) is 0.0463. The predicted molar refractivity (Wildman–Crippen MR) is 93.8 cm³/mol. The van der Waals surface area contributed by atoms with Gasteiger partial charge in [0.1, 0.15) is 0 Å². The molecule has 0 atom stereocenters. The van der Waals surface area contributed by atoms with E-state index in [9.17, 15) is 9.59 Å². The lowest BCUT2D eigenvalue weighted by Gasteiger charge is -2.06. The fourth-order valence-electron chi connectivity index (χ4n) is 2.46. The van der Waals surface area contributed by atoms with Crippen LogP contribution in [0.25, 0.3) is 11.3 Å². The third-order valence-electron chi connectivity index (χ3n) is 3.75. The molecule has 3 N–H and O–H groups in total. The number of aromatic nitrogens is 1. The maximum Gasteiger partial charge on any atom is 0.248 e. The molecule has 0 unspecified atom stereocenters. The monoisotopic (exact) mass is 335 g/mol. The maximum atomic E-state index is 12.1. The number of rotatable bonds is 6. The van der Waals surface area contributed by atoms with E-state index < -0.39 is 5.91 Å². The maximum absolute atomic E-state index is 12.1. The van der Waals surface area contributed by atoms with E-state index in [0.717, 1.165) is 11.1 Å². The standard InChI is InChI=1S/C19H17N3O3/c20-19(24)14-6-9-16(10-7-14)22-17(23)11-8-15-12-21-25-18(15)13-4-2-1-3-5-13/h1-7,9-10,12H,8,11H2,(H2,20,24)(H,22,23). The molecule has 1 heterocycles. The molecule has 0 spiro atoms. The van der Waals surface area contributed by atoms with Gasteiger partial charge in [-0.25, -0.2) is 0 Å². The lowest BCUT2D eigenvalue weighted by molar-refractivity contribution is -0.116. The van der Waals surface area contributed by atoms with Crippen molar-refractivity contribution in [3.05, 3.63) is 71.9 Å². The van der Waals surface area contributed by atoms with Crippen LogP contribution in [0, 0.1) is 0 Å². The van der Waals surface area contributed by atoms with Crippen molar-refractivity contribution in [2.75, 3.05) is 5.32 Å². The molecular formula is C19H17N3O3. The largest absolute Gasteiger partial charge is 0.366 e. The van der Waals surface area contributed by atoms with Gasteiger partial charge in [-0.3, -0.25) is 9.59 Å². The summed E-state index contributed by atoms with van der Waals surface area (Å²) >= 11 is 0. The first-order valence-electron chi connectivity index (χ1n) is 7.82. The van der Waals surface area contributed by atoms with Gasteiger partial charge in [0.2, 0.25) is 11.8 Å². The number of nitrogens with two attached hydrogens (primary N) is 1. The molecule has 0 saturated carbocycles. The van der Waals surface area contributed by atoms with Crippen molar-refractivity contribution in [3.63, 3.8) is 0 Å². The van der Waals surface area contributed by atoms with Crippen LogP contribution >= 0.6 is 0 Å². The first-order valence-corrected chi connectivity index (χ1v) is 7.82. The van der Waals surface area contributed by atoms with Crippen LogP contribution in [-0.4, -0.2) is 17.0 Å². The second-order valence-electron chi connectivity index (χ2n) is 5.54. The number of hydrogen-bond acceptors (Lipinski definition) is 4. The number of carbonyl (C=O) groups excluding carboxylic acids is 2. The number of primary amides is 1. The molecule has 6 nitrogen and oxygen atoms in total. The van der Waals surface area contributed by atoms with Gasteiger partial charge in [0.05, 0.1) is 6.20 Å². The van der Waals surface area contributed by atoms with Gasteiger partial charge < -0.3 is 15.6 Å². The van der Waals surface area contributed by atoms with E-state index in [-0.39, 0.29) is 5.91 Å². The van der Waals surface area contributed by atoms with Crippen molar-refractivity contribution in [2.24, 2.45) is 5.73 Å². The average Bonchev–Trinajstić information content (AvgIpc) is 3.10.